The Morgan fingerprint density at radius 3 is 3.20 bits per heavy atom. The SMILES string of the molecule is COc1nc(NC2CCSC2)ncc1Br. The van der Waals surface area contributed by atoms with Gasteiger partial charge in [-0.05, 0) is 28.1 Å². The number of methoxy groups -OCH3 is 1. The summed E-state index contributed by atoms with van der Waals surface area (Å²) < 4.78 is 5.88. The van der Waals surface area contributed by atoms with E-state index >= 15 is 0 Å². The summed E-state index contributed by atoms with van der Waals surface area (Å²) in [6, 6.07) is 0.487. The van der Waals surface area contributed by atoms with Crippen LogP contribution in [0, 0.1) is 0 Å². The second kappa shape index (κ2) is 5.03. The van der Waals surface area contributed by atoms with Crippen LogP contribution in [-0.4, -0.2) is 34.6 Å². The summed E-state index contributed by atoms with van der Waals surface area (Å²) in [7, 11) is 1.60. The third-order valence-corrected chi connectivity index (χ3v) is 3.87. The fourth-order valence-corrected chi connectivity index (χ4v) is 2.90. The average Bonchev–Trinajstić information content (AvgIpc) is 2.73. The van der Waals surface area contributed by atoms with Crippen LogP contribution >= 0.6 is 27.7 Å². The summed E-state index contributed by atoms with van der Waals surface area (Å²) >= 11 is 5.28. The molecule has 0 bridgehead atoms. The van der Waals surface area contributed by atoms with Gasteiger partial charge in [0, 0.05) is 11.8 Å². The first-order chi connectivity index (χ1) is 7.29. The van der Waals surface area contributed by atoms with Crippen LogP contribution < -0.4 is 10.1 Å². The van der Waals surface area contributed by atoms with Crippen LogP contribution in [0.4, 0.5) is 5.95 Å². The summed E-state index contributed by atoms with van der Waals surface area (Å²) in [5, 5.41) is 3.30. The van der Waals surface area contributed by atoms with Gasteiger partial charge >= 0.3 is 0 Å². The number of hydrogen-bond donors (Lipinski definition) is 1. The van der Waals surface area contributed by atoms with Gasteiger partial charge in [0.2, 0.25) is 11.8 Å². The minimum atomic E-state index is 0.487. The van der Waals surface area contributed by atoms with Crippen LogP contribution in [0.25, 0.3) is 0 Å². The van der Waals surface area contributed by atoms with Gasteiger partial charge in [-0.15, -0.1) is 0 Å². The van der Waals surface area contributed by atoms with E-state index in [9.17, 15) is 0 Å². The van der Waals surface area contributed by atoms with Crippen LogP contribution in [-0.2, 0) is 0 Å². The number of nitrogens with zero attached hydrogens (tertiary/aromatic N) is 2. The molecule has 4 nitrogen and oxygen atoms in total. The monoisotopic (exact) mass is 289 g/mol. The second-order valence-corrected chi connectivity index (χ2v) is 5.26. The molecule has 1 aliphatic rings. The first-order valence-corrected chi connectivity index (χ1v) is 6.65. The molecule has 0 aromatic carbocycles. The Labute approximate surface area is 101 Å². The molecule has 0 saturated carbocycles. The standard InChI is InChI=1S/C9H12BrN3OS/c1-14-8-7(10)4-11-9(13-8)12-6-2-3-15-5-6/h4,6H,2-3,5H2,1H3,(H,11,12,13). The number of aromatic nitrogens is 2. The zero-order chi connectivity index (χ0) is 10.7. The van der Waals surface area contributed by atoms with Crippen molar-refractivity contribution in [2.24, 2.45) is 0 Å². The van der Waals surface area contributed by atoms with Gasteiger partial charge in [-0.2, -0.15) is 16.7 Å². The molecule has 2 heterocycles. The molecule has 1 fully saturated rings. The predicted octanol–water partition coefficient (Wildman–Crippen LogP) is 2.17. The Bertz CT molecular complexity index is 344. The van der Waals surface area contributed by atoms with Crippen LogP contribution in [0.15, 0.2) is 10.7 Å². The molecule has 6 heteroatoms. The Morgan fingerprint density at radius 2 is 2.53 bits per heavy atom. The lowest BCUT2D eigenvalue weighted by atomic mass is 10.3. The van der Waals surface area contributed by atoms with Crippen molar-refractivity contribution in [2.45, 2.75) is 12.5 Å². The molecule has 0 radical (unpaired) electrons. The van der Waals surface area contributed by atoms with Crippen LogP contribution in [0.5, 0.6) is 5.88 Å². The molecular formula is C9H12BrN3OS. The molecule has 1 N–H and O–H groups in total. The third kappa shape index (κ3) is 2.75. The van der Waals surface area contributed by atoms with Gasteiger partial charge in [-0.25, -0.2) is 4.98 Å². The Kier molecular flexibility index (Phi) is 3.69. The maximum Gasteiger partial charge on any atom is 0.232 e. The predicted molar refractivity (Wildman–Crippen MR) is 65.6 cm³/mol. The number of rotatable bonds is 3. The highest BCUT2D eigenvalue weighted by Crippen LogP contribution is 2.24. The van der Waals surface area contributed by atoms with E-state index in [4.69, 9.17) is 4.74 Å². The van der Waals surface area contributed by atoms with Crippen LogP contribution in [0.2, 0.25) is 0 Å². The summed E-state index contributed by atoms with van der Waals surface area (Å²) in [5.41, 5.74) is 0. The largest absolute Gasteiger partial charge is 0.480 e. The van der Waals surface area contributed by atoms with Gasteiger partial charge in [-0.3, -0.25) is 0 Å². The molecule has 1 atom stereocenters. The molecule has 1 aromatic rings. The first-order valence-electron chi connectivity index (χ1n) is 4.70. The number of anilines is 1. The van der Waals surface area contributed by atoms with Crippen molar-refractivity contribution >= 4 is 33.6 Å². The quantitative estimate of drug-likeness (QED) is 0.924. The number of halogens is 1. The molecule has 1 aliphatic heterocycles. The molecule has 2 rings (SSSR count). The van der Waals surface area contributed by atoms with Gasteiger partial charge in [0.05, 0.1) is 17.8 Å². The fraction of sp³-hybridized carbons (Fsp3) is 0.556. The molecule has 1 saturated heterocycles. The first kappa shape index (κ1) is 11.0. The van der Waals surface area contributed by atoms with E-state index in [1.54, 1.807) is 13.3 Å². The number of nitrogens with one attached hydrogen (secondary N) is 1. The van der Waals surface area contributed by atoms with Crippen molar-refractivity contribution in [3.8, 4) is 5.88 Å². The zero-order valence-electron chi connectivity index (χ0n) is 8.36. The average molecular weight is 290 g/mol. The molecule has 15 heavy (non-hydrogen) atoms. The van der Waals surface area contributed by atoms with E-state index in [0.717, 1.165) is 10.2 Å². The maximum absolute atomic E-state index is 5.11. The van der Waals surface area contributed by atoms with Gasteiger partial charge in [0.15, 0.2) is 0 Å². The lowest BCUT2D eigenvalue weighted by Gasteiger charge is -2.11. The molecule has 0 amide bonds. The number of thioether (sulfide) groups is 1. The Hall–Kier alpha value is -0.490. The summed E-state index contributed by atoms with van der Waals surface area (Å²) in [4.78, 5) is 8.45. The summed E-state index contributed by atoms with van der Waals surface area (Å²) in [6.45, 7) is 0. The molecule has 1 aromatic heterocycles. The minimum absolute atomic E-state index is 0.487. The molecule has 1 unspecified atom stereocenters. The normalized spacial score (nSPS) is 20.3. The maximum atomic E-state index is 5.11. The smallest absolute Gasteiger partial charge is 0.232 e. The third-order valence-electron chi connectivity index (χ3n) is 2.17. The van der Waals surface area contributed by atoms with Crippen molar-refractivity contribution in [2.75, 3.05) is 23.9 Å². The van der Waals surface area contributed by atoms with Gasteiger partial charge in [0.25, 0.3) is 0 Å². The van der Waals surface area contributed by atoms with E-state index in [-0.39, 0.29) is 0 Å². The van der Waals surface area contributed by atoms with Crippen LogP contribution in [0.1, 0.15) is 6.42 Å². The topological polar surface area (TPSA) is 47.0 Å². The second-order valence-electron chi connectivity index (χ2n) is 3.26. The highest BCUT2D eigenvalue weighted by molar-refractivity contribution is 9.10. The van der Waals surface area contributed by atoms with Crippen molar-refractivity contribution < 1.29 is 4.74 Å². The highest BCUT2D eigenvalue weighted by Gasteiger charge is 2.16. The van der Waals surface area contributed by atoms with Crippen molar-refractivity contribution in [1.82, 2.24) is 9.97 Å². The summed E-state index contributed by atoms with van der Waals surface area (Å²) in [5.74, 6) is 3.55. The molecule has 0 spiro atoms. The van der Waals surface area contributed by atoms with Gasteiger partial charge < -0.3 is 10.1 Å². The molecule has 0 aliphatic carbocycles. The van der Waals surface area contributed by atoms with Crippen LogP contribution in [0.3, 0.4) is 0 Å². The van der Waals surface area contributed by atoms with Gasteiger partial charge in [0.1, 0.15) is 0 Å². The zero-order valence-corrected chi connectivity index (χ0v) is 10.8. The number of ether oxygens (including phenoxy) is 1. The van der Waals surface area contributed by atoms with E-state index in [1.165, 1.54) is 12.2 Å². The number of hydrogen-bond acceptors (Lipinski definition) is 5. The lowest BCUT2D eigenvalue weighted by Crippen LogP contribution is -2.19. The van der Waals surface area contributed by atoms with Crippen molar-refractivity contribution in [3.05, 3.63) is 10.7 Å². The van der Waals surface area contributed by atoms with Crippen molar-refractivity contribution in [1.29, 1.82) is 0 Å². The van der Waals surface area contributed by atoms with Crippen molar-refractivity contribution in [3.63, 3.8) is 0 Å². The minimum Gasteiger partial charge on any atom is -0.480 e. The lowest BCUT2D eigenvalue weighted by molar-refractivity contribution is 0.394. The van der Waals surface area contributed by atoms with E-state index in [2.05, 4.69) is 31.2 Å². The van der Waals surface area contributed by atoms with E-state index in [1.807, 2.05) is 11.8 Å². The van der Waals surface area contributed by atoms with Gasteiger partial charge in [-0.1, -0.05) is 0 Å². The summed E-state index contributed by atoms with van der Waals surface area (Å²) in [6.07, 6.45) is 2.88. The Morgan fingerprint density at radius 1 is 1.67 bits per heavy atom. The van der Waals surface area contributed by atoms with E-state index in [0.29, 0.717) is 17.9 Å². The Balaban J connectivity index is 2.07. The van der Waals surface area contributed by atoms with E-state index < -0.39 is 0 Å². The highest BCUT2D eigenvalue weighted by atomic mass is 79.9. The fourth-order valence-electron chi connectivity index (χ4n) is 1.40. The molecular weight excluding hydrogens is 278 g/mol. The molecule has 82 valence electrons.